The molecule has 0 radical (unpaired) electrons. The van der Waals surface area contributed by atoms with Crippen molar-refractivity contribution in [2.45, 2.75) is 0 Å². The Bertz CT molecular complexity index is 744. The molecule has 0 unspecified atom stereocenters. The minimum Gasteiger partial charge on any atom is -0.217 e. The van der Waals surface area contributed by atoms with Crippen LogP contribution in [0.3, 0.4) is 0 Å². The quantitative estimate of drug-likeness (QED) is 0.587. The Morgan fingerprint density at radius 2 is 2.06 bits per heavy atom. The second-order valence-corrected chi connectivity index (χ2v) is 5.69. The minimum absolute atomic E-state index is 0.121. The van der Waals surface area contributed by atoms with Gasteiger partial charge in [0.15, 0.2) is 0 Å². The number of thiophene rings is 1. The highest BCUT2D eigenvalue weighted by molar-refractivity contribution is 9.10. The summed E-state index contributed by atoms with van der Waals surface area (Å²) in [4.78, 5) is 8.25. The van der Waals surface area contributed by atoms with E-state index < -0.39 is 0 Å². The Morgan fingerprint density at radius 3 is 2.89 bits per heavy atom. The molecule has 0 fully saturated rings. The first-order valence-corrected chi connectivity index (χ1v) is 7.07. The van der Waals surface area contributed by atoms with Gasteiger partial charge in [0, 0.05) is 5.56 Å². The van der Waals surface area contributed by atoms with Gasteiger partial charge in [0.25, 0.3) is 0 Å². The molecule has 2 aromatic heterocycles. The van der Waals surface area contributed by atoms with Crippen LogP contribution in [0, 0.1) is 5.82 Å². The van der Waals surface area contributed by atoms with E-state index in [-0.39, 0.29) is 11.1 Å². The number of fused-ring (bicyclic) bond motifs is 1. The largest absolute Gasteiger partial charge is 0.223 e. The number of nitrogens with zero attached hydrogens (tertiary/aromatic N) is 2. The monoisotopic (exact) mass is 342 g/mol. The van der Waals surface area contributed by atoms with Crippen molar-refractivity contribution >= 4 is 49.1 Å². The van der Waals surface area contributed by atoms with Crippen LogP contribution in [-0.4, -0.2) is 9.97 Å². The van der Waals surface area contributed by atoms with E-state index in [1.54, 1.807) is 18.2 Å². The van der Waals surface area contributed by atoms with Gasteiger partial charge >= 0.3 is 0 Å². The summed E-state index contributed by atoms with van der Waals surface area (Å²) in [5.74, 6) is -0.345. The third-order valence-electron chi connectivity index (χ3n) is 2.48. The van der Waals surface area contributed by atoms with Gasteiger partial charge in [-0.1, -0.05) is 6.07 Å². The molecule has 0 N–H and O–H groups in total. The lowest BCUT2D eigenvalue weighted by Crippen LogP contribution is -1.92. The zero-order chi connectivity index (χ0) is 12.7. The Balaban J connectivity index is 2.37. The second kappa shape index (κ2) is 4.57. The molecule has 90 valence electrons. The Kier molecular flexibility index (Phi) is 3.05. The molecule has 2 nitrogen and oxygen atoms in total. The molecular formula is C12H5BrClFN2S. The van der Waals surface area contributed by atoms with E-state index >= 15 is 0 Å². The zero-order valence-corrected chi connectivity index (χ0v) is 12.0. The molecule has 2 heterocycles. The van der Waals surface area contributed by atoms with E-state index in [1.165, 1.54) is 11.3 Å². The van der Waals surface area contributed by atoms with Gasteiger partial charge in [-0.15, -0.1) is 11.3 Å². The number of halogens is 3. The average molecular weight is 344 g/mol. The van der Waals surface area contributed by atoms with Gasteiger partial charge in [0.1, 0.15) is 5.82 Å². The van der Waals surface area contributed by atoms with Crippen molar-refractivity contribution in [2.75, 3.05) is 0 Å². The summed E-state index contributed by atoms with van der Waals surface area (Å²) < 4.78 is 15.3. The van der Waals surface area contributed by atoms with Gasteiger partial charge in [-0.3, -0.25) is 0 Å². The van der Waals surface area contributed by atoms with E-state index in [9.17, 15) is 4.39 Å². The third kappa shape index (κ3) is 1.92. The first-order chi connectivity index (χ1) is 8.66. The van der Waals surface area contributed by atoms with Crippen LogP contribution in [0.5, 0.6) is 0 Å². The fourth-order valence-electron chi connectivity index (χ4n) is 1.70. The third-order valence-corrected chi connectivity index (χ3v) is 4.17. The topological polar surface area (TPSA) is 25.8 Å². The second-order valence-electron chi connectivity index (χ2n) is 3.58. The smallest absolute Gasteiger partial charge is 0.217 e. The highest BCUT2D eigenvalue weighted by Gasteiger charge is 2.15. The number of hydrogen-bond acceptors (Lipinski definition) is 3. The van der Waals surface area contributed by atoms with Gasteiger partial charge in [0.2, 0.25) is 5.28 Å². The van der Waals surface area contributed by atoms with Crippen molar-refractivity contribution in [3.63, 3.8) is 0 Å². The molecule has 0 saturated heterocycles. The van der Waals surface area contributed by atoms with Crippen LogP contribution in [-0.2, 0) is 0 Å². The minimum atomic E-state index is -0.345. The van der Waals surface area contributed by atoms with Crippen molar-refractivity contribution < 1.29 is 4.39 Å². The van der Waals surface area contributed by atoms with E-state index in [0.717, 1.165) is 10.2 Å². The van der Waals surface area contributed by atoms with E-state index in [0.29, 0.717) is 15.7 Å². The van der Waals surface area contributed by atoms with Crippen molar-refractivity contribution in [1.82, 2.24) is 9.97 Å². The highest BCUT2D eigenvalue weighted by Crippen LogP contribution is 2.34. The molecule has 0 atom stereocenters. The first kappa shape index (κ1) is 12.0. The number of aromatic nitrogens is 2. The zero-order valence-electron chi connectivity index (χ0n) is 8.82. The molecule has 0 aliphatic rings. The molecule has 0 spiro atoms. The SMILES string of the molecule is Fc1c(Br)cccc1-c1nc(Cl)nc2ccsc12. The maximum Gasteiger partial charge on any atom is 0.223 e. The van der Waals surface area contributed by atoms with Crippen molar-refractivity contribution in [2.24, 2.45) is 0 Å². The van der Waals surface area contributed by atoms with Gasteiger partial charge in [-0.2, -0.15) is 0 Å². The van der Waals surface area contributed by atoms with Crippen molar-refractivity contribution in [1.29, 1.82) is 0 Å². The lowest BCUT2D eigenvalue weighted by Gasteiger charge is -2.05. The number of rotatable bonds is 1. The van der Waals surface area contributed by atoms with Crippen LogP contribution in [0.15, 0.2) is 34.1 Å². The van der Waals surface area contributed by atoms with Crippen LogP contribution >= 0.6 is 38.9 Å². The standard InChI is InChI=1S/C12H5BrClFN2S/c13-7-3-1-2-6(9(7)15)10-11-8(4-5-18-11)16-12(14)17-10/h1-5H. The molecule has 18 heavy (non-hydrogen) atoms. The Morgan fingerprint density at radius 1 is 1.22 bits per heavy atom. The van der Waals surface area contributed by atoms with Gasteiger partial charge in [-0.25, -0.2) is 14.4 Å². The van der Waals surface area contributed by atoms with Crippen molar-refractivity contribution in [3.05, 3.63) is 45.2 Å². The predicted molar refractivity (Wildman–Crippen MR) is 75.5 cm³/mol. The maximum atomic E-state index is 14.1. The fourth-order valence-corrected chi connectivity index (χ4v) is 3.08. The van der Waals surface area contributed by atoms with Crippen molar-refractivity contribution in [3.8, 4) is 11.3 Å². The van der Waals surface area contributed by atoms with Crippen LogP contribution in [0.2, 0.25) is 5.28 Å². The van der Waals surface area contributed by atoms with Gasteiger partial charge in [-0.05, 0) is 51.1 Å². The summed E-state index contributed by atoms with van der Waals surface area (Å²) in [6.07, 6.45) is 0. The molecular weight excluding hydrogens is 339 g/mol. The molecule has 0 saturated carbocycles. The normalized spacial score (nSPS) is 11.1. The molecule has 3 rings (SSSR count). The molecule has 3 aromatic rings. The Labute approximate surface area is 120 Å². The van der Waals surface area contributed by atoms with Gasteiger partial charge < -0.3 is 0 Å². The lowest BCUT2D eigenvalue weighted by atomic mass is 10.1. The Hall–Kier alpha value is -1.04. The number of benzene rings is 1. The van der Waals surface area contributed by atoms with Crippen LogP contribution in [0.25, 0.3) is 21.5 Å². The lowest BCUT2D eigenvalue weighted by molar-refractivity contribution is 0.624. The van der Waals surface area contributed by atoms with E-state index in [2.05, 4.69) is 25.9 Å². The van der Waals surface area contributed by atoms with Crippen LogP contribution in [0.1, 0.15) is 0 Å². The summed E-state index contributed by atoms with van der Waals surface area (Å²) in [6, 6.07) is 6.93. The molecule has 0 bridgehead atoms. The highest BCUT2D eigenvalue weighted by atomic mass is 79.9. The van der Waals surface area contributed by atoms with Gasteiger partial charge in [0.05, 0.1) is 20.4 Å². The summed E-state index contributed by atoms with van der Waals surface area (Å²) in [6.45, 7) is 0. The number of hydrogen-bond donors (Lipinski definition) is 0. The molecule has 0 amide bonds. The summed E-state index contributed by atoms with van der Waals surface area (Å²) in [5.41, 5.74) is 1.68. The van der Waals surface area contributed by atoms with E-state index in [1.807, 2.05) is 11.4 Å². The predicted octanol–water partition coefficient (Wildman–Crippen LogP) is 4.91. The first-order valence-electron chi connectivity index (χ1n) is 5.02. The summed E-state index contributed by atoms with van der Waals surface area (Å²) in [7, 11) is 0. The van der Waals surface area contributed by atoms with E-state index in [4.69, 9.17) is 11.6 Å². The molecule has 0 aliphatic heterocycles. The summed E-state index contributed by atoms with van der Waals surface area (Å²) >= 11 is 10.5. The fraction of sp³-hybridized carbons (Fsp3) is 0. The average Bonchev–Trinajstić information content (AvgIpc) is 2.79. The molecule has 6 heteroatoms. The molecule has 1 aromatic carbocycles. The molecule has 0 aliphatic carbocycles. The maximum absolute atomic E-state index is 14.1. The van der Waals surface area contributed by atoms with Crippen LogP contribution in [0.4, 0.5) is 4.39 Å². The summed E-state index contributed by atoms with van der Waals surface area (Å²) in [5, 5.41) is 2.00. The van der Waals surface area contributed by atoms with Crippen LogP contribution < -0.4 is 0 Å².